The van der Waals surface area contributed by atoms with Gasteiger partial charge in [0.1, 0.15) is 0 Å². The molecule has 1 heterocycles. The number of nitrogens with zero attached hydrogens (tertiary/aromatic N) is 2. The van der Waals surface area contributed by atoms with Crippen LogP contribution < -0.4 is 5.32 Å². The molecule has 1 aliphatic heterocycles. The van der Waals surface area contributed by atoms with Crippen LogP contribution in [0.4, 0.5) is 10.5 Å². The molecule has 2 aromatic carbocycles. The van der Waals surface area contributed by atoms with E-state index in [1.807, 2.05) is 41.3 Å². The molecule has 2 aromatic rings. The third kappa shape index (κ3) is 3.69. The number of ether oxygens (including phenoxy) is 1. The van der Waals surface area contributed by atoms with E-state index in [0.717, 1.165) is 16.8 Å². The first-order valence-corrected chi connectivity index (χ1v) is 7.65. The Kier molecular flexibility index (Phi) is 4.57. The number of nitrogens with one attached hydrogen (secondary N) is 1. The van der Waals surface area contributed by atoms with Crippen molar-refractivity contribution in [3.8, 4) is 0 Å². The lowest BCUT2D eigenvalue weighted by molar-refractivity contribution is 0.156. The summed E-state index contributed by atoms with van der Waals surface area (Å²) in [6.45, 7) is 3.46. The number of alkyl carbamates (subject to hydrolysis) is 1. The molecule has 118 valence electrons. The van der Waals surface area contributed by atoms with E-state index in [1.165, 1.54) is 0 Å². The summed E-state index contributed by atoms with van der Waals surface area (Å²) in [5, 5.41) is 2.75. The van der Waals surface area contributed by atoms with Crippen molar-refractivity contribution >= 4 is 17.7 Å². The summed E-state index contributed by atoms with van der Waals surface area (Å²) in [7, 11) is 0. The first-order chi connectivity index (χ1) is 11.3. The molecule has 0 saturated heterocycles. The minimum atomic E-state index is -0.483. The lowest BCUT2D eigenvalue weighted by Gasteiger charge is -2.30. The Bertz CT molecular complexity index is 713. The highest BCUT2D eigenvalue weighted by Gasteiger charge is 2.21. The Morgan fingerprint density at radius 3 is 2.70 bits per heavy atom. The van der Waals surface area contributed by atoms with Gasteiger partial charge in [-0.3, -0.25) is 5.32 Å². The Balaban J connectivity index is 1.85. The number of aliphatic imine (C=N–C) groups is 1. The van der Waals surface area contributed by atoms with E-state index in [0.29, 0.717) is 25.7 Å². The van der Waals surface area contributed by atoms with Crippen molar-refractivity contribution < 1.29 is 9.53 Å². The molecular formula is C18H19N3O2. The highest BCUT2D eigenvalue weighted by molar-refractivity contribution is 5.96. The van der Waals surface area contributed by atoms with E-state index in [9.17, 15) is 4.79 Å². The van der Waals surface area contributed by atoms with Gasteiger partial charge in [-0.05, 0) is 24.1 Å². The lowest BCUT2D eigenvalue weighted by atomic mass is 10.1. The predicted molar refractivity (Wildman–Crippen MR) is 89.4 cm³/mol. The lowest BCUT2D eigenvalue weighted by Crippen LogP contribution is -2.44. The van der Waals surface area contributed by atoms with Crippen LogP contribution in [-0.2, 0) is 17.8 Å². The Morgan fingerprint density at radius 1 is 1.17 bits per heavy atom. The van der Waals surface area contributed by atoms with Crippen LogP contribution >= 0.6 is 0 Å². The molecule has 0 spiro atoms. The van der Waals surface area contributed by atoms with Gasteiger partial charge >= 0.3 is 6.09 Å². The van der Waals surface area contributed by atoms with Crippen LogP contribution in [0, 0.1) is 0 Å². The maximum Gasteiger partial charge on any atom is 0.413 e. The number of rotatable bonds is 3. The number of amides is 1. The van der Waals surface area contributed by atoms with Gasteiger partial charge in [0.2, 0.25) is 5.96 Å². The molecule has 5 heteroatoms. The summed E-state index contributed by atoms with van der Waals surface area (Å²) in [5.74, 6) is 0.519. The van der Waals surface area contributed by atoms with Gasteiger partial charge in [0.25, 0.3) is 0 Å². The van der Waals surface area contributed by atoms with E-state index in [2.05, 4.69) is 28.5 Å². The summed E-state index contributed by atoms with van der Waals surface area (Å²) >= 11 is 0. The van der Waals surface area contributed by atoms with Crippen LogP contribution in [0.1, 0.15) is 18.1 Å². The molecule has 23 heavy (non-hydrogen) atoms. The van der Waals surface area contributed by atoms with Gasteiger partial charge in [-0.1, -0.05) is 48.5 Å². The third-order valence-electron chi connectivity index (χ3n) is 3.58. The number of para-hydroxylation sites is 1. The molecule has 0 aliphatic carbocycles. The normalized spacial score (nSPS) is 13.1. The minimum absolute atomic E-state index is 0.328. The molecule has 0 saturated carbocycles. The molecule has 3 rings (SSSR count). The quantitative estimate of drug-likeness (QED) is 0.945. The third-order valence-corrected chi connectivity index (χ3v) is 3.58. The van der Waals surface area contributed by atoms with Crippen LogP contribution in [0.3, 0.4) is 0 Å². The average Bonchev–Trinajstić information content (AvgIpc) is 2.56. The monoisotopic (exact) mass is 309 g/mol. The summed E-state index contributed by atoms with van der Waals surface area (Å²) in [6.07, 6.45) is -0.483. The van der Waals surface area contributed by atoms with Gasteiger partial charge in [-0.25, -0.2) is 9.79 Å². The largest absolute Gasteiger partial charge is 0.450 e. The fourth-order valence-electron chi connectivity index (χ4n) is 2.52. The molecule has 0 fully saturated rings. The summed E-state index contributed by atoms with van der Waals surface area (Å²) in [5.41, 5.74) is 3.17. The average molecular weight is 309 g/mol. The molecule has 0 atom stereocenters. The predicted octanol–water partition coefficient (Wildman–Crippen LogP) is 3.44. The van der Waals surface area contributed by atoms with Crippen LogP contribution in [0.25, 0.3) is 0 Å². The van der Waals surface area contributed by atoms with Crippen LogP contribution in [0.2, 0.25) is 0 Å². The van der Waals surface area contributed by atoms with E-state index >= 15 is 0 Å². The van der Waals surface area contributed by atoms with Crippen molar-refractivity contribution in [1.29, 1.82) is 0 Å². The molecule has 0 aromatic heterocycles. The zero-order valence-corrected chi connectivity index (χ0v) is 13.0. The van der Waals surface area contributed by atoms with E-state index < -0.39 is 6.09 Å². The molecule has 0 bridgehead atoms. The molecule has 1 aliphatic rings. The smallest absolute Gasteiger partial charge is 0.413 e. The topological polar surface area (TPSA) is 53.9 Å². The molecular weight excluding hydrogens is 290 g/mol. The second kappa shape index (κ2) is 6.96. The van der Waals surface area contributed by atoms with Crippen LogP contribution in [-0.4, -0.2) is 23.6 Å². The van der Waals surface area contributed by atoms with Gasteiger partial charge < -0.3 is 9.64 Å². The van der Waals surface area contributed by atoms with Gasteiger partial charge in [0.15, 0.2) is 0 Å². The number of benzene rings is 2. The number of guanidine groups is 1. The molecule has 1 N–H and O–H groups in total. The Morgan fingerprint density at radius 2 is 1.91 bits per heavy atom. The summed E-state index contributed by atoms with van der Waals surface area (Å²) in [6, 6.07) is 18.0. The SMILES string of the molecule is CCOC(=O)NC1=Nc2ccccc2CN1Cc1ccccc1. The Hall–Kier alpha value is -2.82. The molecule has 0 radical (unpaired) electrons. The van der Waals surface area contributed by atoms with Crippen molar-refractivity contribution in [3.63, 3.8) is 0 Å². The fraction of sp³-hybridized carbons (Fsp3) is 0.222. The van der Waals surface area contributed by atoms with E-state index in [-0.39, 0.29) is 0 Å². The number of hydrogen-bond donors (Lipinski definition) is 1. The van der Waals surface area contributed by atoms with Crippen molar-refractivity contribution in [2.75, 3.05) is 6.61 Å². The zero-order valence-electron chi connectivity index (χ0n) is 13.0. The number of fused-ring (bicyclic) bond motifs is 1. The first kappa shape index (κ1) is 15.1. The van der Waals surface area contributed by atoms with Crippen LogP contribution in [0.15, 0.2) is 59.6 Å². The Labute approximate surface area is 135 Å². The van der Waals surface area contributed by atoms with Crippen LogP contribution in [0.5, 0.6) is 0 Å². The van der Waals surface area contributed by atoms with E-state index in [4.69, 9.17) is 4.74 Å². The van der Waals surface area contributed by atoms with Gasteiger partial charge in [0, 0.05) is 13.1 Å². The molecule has 5 nitrogen and oxygen atoms in total. The standard InChI is InChI=1S/C18H19N3O2/c1-2-23-18(22)20-17-19-16-11-7-6-10-15(16)13-21(17)12-14-8-4-3-5-9-14/h3-11H,2,12-13H2,1H3,(H,19,20,22). The van der Waals surface area contributed by atoms with Crippen molar-refractivity contribution in [2.45, 2.75) is 20.0 Å². The summed E-state index contributed by atoms with van der Waals surface area (Å²) < 4.78 is 4.97. The molecule has 0 unspecified atom stereocenters. The fourth-order valence-corrected chi connectivity index (χ4v) is 2.52. The number of carbonyl (C=O) groups excluding carboxylic acids is 1. The minimum Gasteiger partial charge on any atom is -0.450 e. The van der Waals surface area contributed by atoms with Crippen molar-refractivity contribution in [3.05, 3.63) is 65.7 Å². The van der Waals surface area contributed by atoms with E-state index in [1.54, 1.807) is 6.92 Å². The number of hydrogen-bond acceptors (Lipinski definition) is 4. The highest BCUT2D eigenvalue weighted by atomic mass is 16.5. The maximum absolute atomic E-state index is 11.8. The summed E-state index contributed by atoms with van der Waals surface area (Å²) in [4.78, 5) is 18.4. The number of carbonyl (C=O) groups is 1. The zero-order chi connectivity index (χ0) is 16.1. The maximum atomic E-state index is 11.8. The van der Waals surface area contributed by atoms with Gasteiger partial charge in [0.05, 0.1) is 12.3 Å². The van der Waals surface area contributed by atoms with Gasteiger partial charge in [-0.15, -0.1) is 0 Å². The second-order valence-corrected chi connectivity index (χ2v) is 5.25. The van der Waals surface area contributed by atoms with Gasteiger partial charge in [-0.2, -0.15) is 0 Å². The highest BCUT2D eigenvalue weighted by Crippen LogP contribution is 2.26. The van der Waals surface area contributed by atoms with Crippen molar-refractivity contribution in [1.82, 2.24) is 10.2 Å². The first-order valence-electron chi connectivity index (χ1n) is 7.65. The van der Waals surface area contributed by atoms with Crippen molar-refractivity contribution in [2.24, 2.45) is 4.99 Å². The molecule has 1 amide bonds. The second-order valence-electron chi connectivity index (χ2n) is 5.25.